The number of phenols is 1. The Morgan fingerprint density at radius 2 is 2.00 bits per heavy atom. The van der Waals surface area contributed by atoms with Crippen LogP contribution in [-0.4, -0.2) is 36.9 Å². The van der Waals surface area contributed by atoms with Gasteiger partial charge in [0, 0.05) is 18.3 Å². The van der Waals surface area contributed by atoms with Crippen LogP contribution >= 0.6 is 0 Å². The highest BCUT2D eigenvalue weighted by atomic mass is 19.4. The van der Waals surface area contributed by atoms with Gasteiger partial charge in [-0.2, -0.15) is 13.2 Å². The first kappa shape index (κ1) is 15.5. The molecule has 0 amide bonds. The van der Waals surface area contributed by atoms with Crippen molar-refractivity contribution in [2.24, 2.45) is 5.92 Å². The quantitative estimate of drug-likeness (QED) is 0.872. The third-order valence-electron chi connectivity index (χ3n) is 3.69. The van der Waals surface area contributed by atoms with Crippen molar-refractivity contribution in [3.8, 4) is 5.75 Å². The molecule has 1 aromatic carbocycles. The van der Waals surface area contributed by atoms with E-state index >= 15 is 0 Å². The van der Waals surface area contributed by atoms with Gasteiger partial charge in [0.1, 0.15) is 5.75 Å². The van der Waals surface area contributed by atoms with Gasteiger partial charge in [0.2, 0.25) is 0 Å². The van der Waals surface area contributed by atoms with Crippen molar-refractivity contribution in [1.82, 2.24) is 0 Å². The standard InChI is InChI=1S/C14H16F3NO3/c1-21-13(20)7-11-6-9(14(15,16)17)8-18(11)10-2-4-12(19)5-3-10/h2-5,9,11,19H,6-8H2,1H3. The van der Waals surface area contributed by atoms with Crippen LogP contribution in [0.1, 0.15) is 12.8 Å². The number of ether oxygens (including phenoxy) is 1. The van der Waals surface area contributed by atoms with Crippen LogP contribution in [0.5, 0.6) is 5.75 Å². The zero-order chi connectivity index (χ0) is 15.6. The number of anilines is 1. The highest BCUT2D eigenvalue weighted by Gasteiger charge is 2.47. The SMILES string of the molecule is COC(=O)CC1CC(C(F)(F)F)CN1c1ccc(O)cc1. The van der Waals surface area contributed by atoms with E-state index in [1.807, 2.05) is 0 Å². The molecule has 0 bridgehead atoms. The van der Waals surface area contributed by atoms with Crippen LogP contribution in [0.3, 0.4) is 0 Å². The van der Waals surface area contributed by atoms with Crippen LogP contribution < -0.4 is 4.90 Å². The lowest BCUT2D eigenvalue weighted by Crippen LogP contribution is -2.32. The van der Waals surface area contributed by atoms with Crippen molar-refractivity contribution in [1.29, 1.82) is 0 Å². The Bertz CT molecular complexity index is 501. The second kappa shape index (κ2) is 5.83. The third kappa shape index (κ3) is 3.59. The minimum atomic E-state index is -4.29. The Labute approximate surface area is 120 Å². The Hall–Kier alpha value is -1.92. The molecule has 0 aromatic heterocycles. The number of esters is 1. The van der Waals surface area contributed by atoms with Gasteiger partial charge in [-0.3, -0.25) is 4.79 Å². The van der Waals surface area contributed by atoms with Crippen LogP contribution in [0.4, 0.5) is 18.9 Å². The van der Waals surface area contributed by atoms with E-state index in [9.17, 15) is 23.1 Å². The molecule has 2 atom stereocenters. The number of methoxy groups -OCH3 is 1. The molecule has 2 unspecified atom stereocenters. The summed E-state index contributed by atoms with van der Waals surface area (Å²) >= 11 is 0. The summed E-state index contributed by atoms with van der Waals surface area (Å²) in [6.45, 7) is -0.198. The lowest BCUT2D eigenvalue weighted by molar-refractivity contribution is -0.169. The van der Waals surface area contributed by atoms with Crippen LogP contribution in [0, 0.1) is 5.92 Å². The monoisotopic (exact) mass is 303 g/mol. The molecule has 1 saturated heterocycles. The molecule has 0 radical (unpaired) electrons. The number of hydrogen-bond acceptors (Lipinski definition) is 4. The number of phenolic OH excluding ortho intramolecular Hbond substituents is 1. The van der Waals surface area contributed by atoms with E-state index in [1.54, 1.807) is 17.0 Å². The van der Waals surface area contributed by atoms with E-state index < -0.39 is 24.1 Å². The molecule has 1 aromatic rings. The molecule has 1 aliphatic heterocycles. The average molecular weight is 303 g/mol. The van der Waals surface area contributed by atoms with Gasteiger partial charge in [-0.15, -0.1) is 0 Å². The smallest absolute Gasteiger partial charge is 0.393 e. The van der Waals surface area contributed by atoms with Gasteiger partial charge in [-0.1, -0.05) is 0 Å². The zero-order valence-corrected chi connectivity index (χ0v) is 11.4. The second-order valence-electron chi connectivity index (χ2n) is 5.08. The number of nitrogens with zero attached hydrogens (tertiary/aromatic N) is 1. The first-order valence-electron chi connectivity index (χ1n) is 6.50. The van der Waals surface area contributed by atoms with E-state index in [-0.39, 0.29) is 25.1 Å². The summed E-state index contributed by atoms with van der Waals surface area (Å²) in [6, 6.07) is 5.33. The summed E-state index contributed by atoms with van der Waals surface area (Å²) in [6.07, 6.45) is -4.52. The molecule has 21 heavy (non-hydrogen) atoms. The van der Waals surface area contributed by atoms with Crippen LogP contribution in [0.2, 0.25) is 0 Å². The molecule has 4 nitrogen and oxygen atoms in total. The fourth-order valence-corrected chi connectivity index (χ4v) is 2.58. The predicted octanol–water partition coefficient (Wildman–Crippen LogP) is 2.71. The first-order chi connectivity index (χ1) is 9.81. The molecule has 116 valence electrons. The summed E-state index contributed by atoms with van der Waals surface area (Å²) in [5.74, 6) is -1.97. The number of rotatable bonds is 3. The topological polar surface area (TPSA) is 49.8 Å². The summed E-state index contributed by atoms with van der Waals surface area (Å²) in [5, 5.41) is 9.26. The fraction of sp³-hybridized carbons (Fsp3) is 0.500. The normalized spacial score (nSPS) is 22.4. The maximum Gasteiger partial charge on any atom is 0.393 e. The molecular weight excluding hydrogens is 287 g/mol. The van der Waals surface area contributed by atoms with Crippen molar-refractivity contribution in [3.63, 3.8) is 0 Å². The largest absolute Gasteiger partial charge is 0.508 e. The Morgan fingerprint density at radius 3 is 2.52 bits per heavy atom. The van der Waals surface area contributed by atoms with Crippen LogP contribution in [0.25, 0.3) is 0 Å². The molecule has 2 rings (SSSR count). The van der Waals surface area contributed by atoms with Gasteiger partial charge in [0.15, 0.2) is 0 Å². The van der Waals surface area contributed by atoms with E-state index in [0.29, 0.717) is 5.69 Å². The highest BCUT2D eigenvalue weighted by Crippen LogP contribution is 2.40. The van der Waals surface area contributed by atoms with Gasteiger partial charge < -0.3 is 14.7 Å². The molecule has 7 heteroatoms. The van der Waals surface area contributed by atoms with Gasteiger partial charge in [0.05, 0.1) is 19.4 Å². The average Bonchev–Trinajstić information content (AvgIpc) is 2.83. The molecule has 1 fully saturated rings. The molecule has 1 N–H and O–H groups in total. The van der Waals surface area contributed by atoms with E-state index in [0.717, 1.165) is 0 Å². The van der Waals surface area contributed by atoms with Gasteiger partial charge in [0.25, 0.3) is 0 Å². The van der Waals surface area contributed by atoms with Gasteiger partial charge in [-0.05, 0) is 30.7 Å². The molecule has 0 spiro atoms. The van der Waals surface area contributed by atoms with Crippen molar-refractivity contribution in [2.75, 3.05) is 18.6 Å². The van der Waals surface area contributed by atoms with Crippen molar-refractivity contribution >= 4 is 11.7 Å². The number of benzene rings is 1. The lowest BCUT2D eigenvalue weighted by Gasteiger charge is -2.26. The third-order valence-corrected chi connectivity index (χ3v) is 3.69. The van der Waals surface area contributed by atoms with Gasteiger partial charge >= 0.3 is 12.1 Å². The molecule has 1 aliphatic rings. The Balaban J connectivity index is 2.22. The minimum Gasteiger partial charge on any atom is -0.508 e. The van der Waals surface area contributed by atoms with Crippen molar-refractivity contribution < 1.29 is 27.8 Å². The number of aromatic hydroxyl groups is 1. The molecule has 1 heterocycles. The molecular formula is C14H16F3NO3. The summed E-state index contributed by atoms with van der Waals surface area (Å²) in [4.78, 5) is 12.9. The second-order valence-corrected chi connectivity index (χ2v) is 5.08. The molecule has 0 saturated carbocycles. The lowest BCUT2D eigenvalue weighted by atomic mass is 10.0. The van der Waals surface area contributed by atoms with E-state index in [2.05, 4.69) is 4.74 Å². The van der Waals surface area contributed by atoms with Crippen LogP contribution in [0.15, 0.2) is 24.3 Å². The van der Waals surface area contributed by atoms with Crippen LogP contribution in [-0.2, 0) is 9.53 Å². The van der Waals surface area contributed by atoms with Crippen molar-refractivity contribution in [3.05, 3.63) is 24.3 Å². The maximum absolute atomic E-state index is 12.9. The number of carbonyl (C=O) groups is 1. The zero-order valence-electron chi connectivity index (χ0n) is 11.4. The predicted molar refractivity (Wildman–Crippen MR) is 70.0 cm³/mol. The molecule has 0 aliphatic carbocycles. The Morgan fingerprint density at radius 1 is 1.38 bits per heavy atom. The summed E-state index contributed by atoms with van der Waals surface area (Å²) in [5.41, 5.74) is 0.549. The van der Waals surface area contributed by atoms with Gasteiger partial charge in [-0.25, -0.2) is 0 Å². The Kier molecular flexibility index (Phi) is 4.29. The summed E-state index contributed by atoms with van der Waals surface area (Å²) in [7, 11) is 1.21. The van der Waals surface area contributed by atoms with E-state index in [1.165, 1.54) is 19.2 Å². The minimum absolute atomic E-state index is 0.0369. The maximum atomic E-state index is 12.9. The summed E-state index contributed by atoms with van der Waals surface area (Å²) < 4.78 is 43.3. The van der Waals surface area contributed by atoms with Crippen molar-refractivity contribution in [2.45, 2.75) is 25.1 Å². The number of alkyl halides is 3. The first-order valence-corrected chi connectivity index (χ1v) is 6.50. The fourth-order valence-electron chi connectivity index (χ4n) is 2.58. The highest BCUT2D eigenvalue weighted by molar-refractivity contribution is 5.71. The number of hydrogen-bond donors (Lipinski definition) is 1. The number of carbonyl (C=O) groups excluding carboxylic acids is 1. The number of halogens is 3. The van der Waals surface area contributed by atoms with E-state index in [4.69, 9.17) is 0 Å².